The first-order valence-corrected chi connectivity index (χ1v) is 13.8. The van der Waals surface area contributed by atoms with Crippen LogP contribution in [0.1, 0.15) is 16.0 Å². The van der Waals surface area contributed by atoms with Crippen LogP contribution in [0.5, 0.6) is 5.88 Å². The predicted molar refractivity (Wildman–Crippen MR) is 162 cm³/mol. The van der Waals surface area contributed by atoms with Crippen LogP contribution in [0.15, 0.2) is 72.6 Å². The molecule has 0 atom stereocenters. The zero-order valence-corrected chi connectivity index (χ0v) is 23.6. The first-order chi connectivity index (χ1) is 20.4. The van der Waals surface area contributed by atoms with Gasteiger partial charge in [0.15, 0.2) is 5.65 Å². The van der Waals surface area contributed by atoms with E-state index in [1.165, 1.54) is 17.7 Å². The number of nitrogen functional groups attached to an aromatic ring is 1. The maximum atomic E-state index is 12.8. The van der Waals surface area contributed by atoms with Crippen molar-refractivity contribution < 1.29 is 14.6 Å². The number of amides is 1. The summed E-state index contributed by atoms with van der Waals surface area (Å²) in [5.74, 6) is -0.0455. The largest absolute Gasteiger partial charge is 0.471 e. The lowest BCUT2D eigenvalue weighted by molar-refractivity contribution is -0.117. The molecular weight excluding hydrogens is 552 g/mol. The van der Waals surface area contributed by atoms with Crippen molar-refractivity contribution in [2.24, 2.45) is 0 Å². The molecule has 5 N–H and O–H groups in total. The van der Waals surface area contributed by atoms with Crippen molar-refractivity contribution in [3.8, 4) is 22.4 Å². The molecule has 11 nitrogen and oxygen atoms in total. The van der Waals surface area contributed by atoms with Crippen LogP contribution >= 0.6 is 11.3 Å². The van der Waals surface area contributed by atoms with Crippen molar-refractivity contribution in [1.82, 2.24) is 25.3 Å². The molecule has 0 saturated heterocycles. The molecule has 42 heavy (non-hydrogen) atoms. The monoisotopic (exact) mass is 580 g/mol. The molecule has 0 fully saturated rings. The highest BCUT2D eigenvalue weighted by atomic mass is 32.1. The number of nitrogens with one attached hydrogen (secondary N) is 2. The fourth-order valence-electron chi connectivity index (χ4n) is 4.15. The Bertz CT molecular complexity index is 1750. The first-order valence-electron chi connectivity index (χ1n) is 13.0. The fourth-order valence-corrected chi connectivity index (χ4v) is 5.10. The van der Waals surface area contributed by atoms with E-state index in [0.29, 0.717) is 23.6 Å². The molecule has 0 radical (unpaired) electrons. The van der Waals surface area contributed by atoms with Crippen LogP contribution in [0.3, 0.4) is 0 Å². The number of likely N-dealkylation sites (N-methyl/N-ethyl adjacent to an activating group) is 1. The predicted octanol–water partition coefficient (Wildman–Crippen LogP) is 3.89. The highest BCUT2D eigenvalue weighted by Gasteiger charge is 2.12. The fraction of sp³-hybridized carbons (Fsp3) is 0.167. The van der Waals surface area contributed by atoms with Gasteiger partial charge in [0.05, 0.1) is 12.9 Å². The number of anilines is 2. The Morgan fingerprint density at radius 3 is 2.64 bits per heavy atom. The number of nitrogens with zero attached hydrogens (tertiary/aromatic N) is 5. The van der Waals surface area contributed by atoms with Gasteiger partial charge in [0.1, 0.15) is 23.8 Å². The number of aromatic amines is 1. The zero-order valence-electron chi connectivity index (χ0n) is 22.7. The molecule has 0 saturated carbocycles. The van der Waals surface area contributed by atoms with Crippen LogP contribution in [0.4, 0.5) is 11.6 Å². The van der Waals surface area contributed by atoms with Gasteiger partial charge < -0.3 is 30.8 Å². The van der Waals surface area contributed by atoms with E-state index in [-0.39, 0.29) is 31.3 Å². The standard InChI is InChI=1S/C30H28N8O3S/c1-38(12-13-39)23-8-6-21(7-9-23)25-11-10-24(42-25)14-22(15-31)28(40)33-16-19-2-4-20(5-3-19)17-41-29-26-27(35-18-34-26)36-30(32)37-29/h2-11,14,18,39H,12-13,16-17H2,1H3,(H,33,40)(H3,32,34,35,36,37)/b22-14+. The Morgan fingerprint density at radius 1 is 1.14 bits per heavy atom. The van der Waals surface area contributed by atoms with Crippen LogP contribution < -0.4 is 20.7 Å². The van der Waals surface area contributed by atoms with E-state index in [1.807, 2.05) is 78.7 Å². The number of nitriles is 1. The number of carbonyl (C=O) groups is 1. The SMILES string of the molecule is CN(CCO)c1ccc(-c2ccc(/C=C(\C#N)C(=O)NCc3ccc(COc4nc(N)nc5nc[nH]c45)cc3)s2)cc1. The van der Waals surface area contributed by atoms with Gasteiger partial charge in [-0.1, -0.05) is 36.4 Å². The average molecular weight is 581 g/mol. The minimum absolute atomic E-state index is 0.0311. The Morgan fingerprint density at radius 2 is 1.90 bits per heavy atom. The van der Waals surface area contributed by atoms with Gasteiger partial charge in [0.25, 0.3) is 5.91 Å². The summed E-state index contributed by atoms with van der Waals surface area (Å²) in [5, 5.41) is 21.6. The molecule has 0 aliphatic rings. The number of thiophene rings is 1. The number of aliphatic hydroxyl groups excluding tert-OH is 1. The summed E-state index contributed by atoms with van der Waals surface area (Å²) in [7, 11) is 1.93. The molecule has 5 rings (SSSR count). The number of carbonyl (C=O) groups excluding carboxylic acids is 1. The molecule has 2 aromatic carbocycles. The number of H-pyrrole nitrogens is 1. The smallest absolute Gasteiger partial charge is 0.262 e. The van der Waals surface area contributed by atoms with E-state index in [0.717, 1.165) is 32.1 Å². The van der Waals surface area contributed by atoms with Gasteiger partial charge in [-0.3, -0.25) is 4.79 Å². The van der Waals surface area contributed by atoms with Crippen molar-refractivity contribution in [3.63, 3.8) is 0 Å². The molecule has 212 valence electrons. The lowest BCUT2D eigenvalue weighted by Crippen LogP contribution is -2.23. The van der Waals surface area contributed by atoms with Gasteiger partial charge in [-0.05, 0) is 47.0 Å². The highest BCUT2D eigenvalue weighted by Crippen LogP contribution is 2.31. The van der Waals surface area contributed by atoms with Gasteiger partial charge >= 0.3 is 0 Å². The Labute approximate surface area is 245 Å². The summed E-state index contributed by atoms with van der Waals surface area (Å²) in [4.78, 5) is 31.7. The first kappa shape index (κ1) is 28.3. The number of rotatable bonds is 11. The number of ether oxygens (including phenoxy) is 1. The van der Waals surface area contributed by atoms with Crippen LogP contribution in [0.2, 0.25) is 0 Å². The molecule has 0 unspecified atom stereocenters. The second kappa shape index (κ2) is 12.9. The molecule has 0 spiro atoms. The topological polar surface area (TPSA) is 166 Å². The number of fused-ring (bicyclic) bond motifs is 1. The number of nitrogens with two attached hydrogens (primary N) is 1. The number of hydrogen-bond donors (Lipinski definition) is 4. The van der Waals surface area contributed by atoms with Crippen molar-refractivity contribution >= 4 is 46.1 Å². The van der Waals surface area contributed by atoms with Crippen LogP contribution in [-0.4, -0.2) is 51.1 Å². The van der Waals surface area contributed by atoms with E-state index in [4.69, 9.17) is 15.6 Å². The molecular formula is C30H28N8O3S. The summed E-state index contributed by atoms with van der Waals surface area (Å²) in [6, 6.07) is 21.5. The number of aromatic nitrogens is 4. The Hall–Kier alpha value is -5.25. The van der Waals surface area contributed by atoms with Gasteiger partial charge in [-0.15, -0.1) is 11.3 Å². The summed E-state index contributed by atoms with van der Waals surface area (Å²) in [6.45, 7) is 1.17. The maximum absolute atomic E-state index is 12.8. The van der Waals surface area contributed by atoms with Crippen molar-refractivity contribution in [1.29, 1.82) is 5.26 Å². The Kier molecular flexibility index (Phi) is 8.72. The number of imidazole rings is 1. The van der Waals surface area contributed by atoms with Crippen LogP contribution in [0.25, 0.3) is 27.7 Å². The number of benzene rings is 2. The zero-order chi connectivity index (χ0) is 29.5. The molecule has 3 heterocycles. The second-order valence-electron chi connectivity index (χ2n) is 9.34. The van der Waals surface area contributed by atoms with Gasteiger partial charge in [0.2, 0.25) is 11.8 Å². The number of hydrogen-bond acceptors (Lipinski definition) is 10. The number of aliphatic hydroxyl groups is 1. The Balaban J connectivity index is 1.16. The molecule has 0 aliphatic heterocycles. The lowest BCUT2D eigenvalue weighted by atomic mass is 10.1. The summed E-state index contributed by atoms with van der Waals surface area (Å²) in [6.07, 6.45) is 3.10. The van der Waals surface area contributed by atoms with Crippen LogP contribution in [-0.2, 0) is 17.9 Å². The highest BCUT2D eigenvalue weighted by molar-refractivity contribution is 7.16. The van der Waals surface area contributed by atoms with E-state index in [2.05, 4.69) is 25.3 Å². The average Bonchev–Trinajstić information content (AvgIpc) is 3.68. The second-order valence-corrected chi connectivity index (χ2v) is 10.5. The maximum Gasteiger partial charge on any atom is 0.262 e. The van der Waals surface area contributed by atoms with E-state index in [9.17, 15) is 10.1 Å². The third-order valence-electron chi connectivity index (χ3n) is 6.43. The quantitative estimate of drug-likeness (QED) is 0.134. The van der Waals surface area contributed by atoms with Gasteiger partial charge in [-0.2, -0.15) is 15.2 Å². The van der Waals surface area contributed by atoms with Crippen LogP contribution in [0, 0.1) is 11.3 Å². The van der Waals surface area contributed by atoms with Crippen molar-refractivity contribution in [3.05, 3.63) is 88.6 Å². The summed E-state index contributed by atoms with van der Waals surface area (Å²) < 4.78 is 5.81. The normalized spacial score (nSPS) is 11.3. The molecule has 0 aliphatic carbocycles. The minimum atomic E-state index is -0.443. The third kappa shape index (κ3) is 6.72. The third-order valence-corrected chi connectivity index (χ3v) is 7.51. The van der Waals surface area contributed by atoms with E-state index < -0.39 is 5.91 Å². The summed E-state index contributed by atoms with van der Waals surface area (Å²) >= 11 is 1.50. The summed E-state index contributed by atoms with van der Waals surface area (Å²) in [5.41, 5.74) is 10.6. The van der Waals surface area contributed by atoms with E-state index in [1.54, 1.807) is 6.08 Å². The van der Waals surface area contributed by atoms with Crippen molar-refractivity contribution in [2.75, 3.05) is 30.8 Å². The van der Waals surface area contributed by atoms with E-state index >= 15 is 0 Å². The lowest BCUT2D eigenvalue weighted by Gasteiger charge is -2.17. The molecule has 0 bridgehead atoms. The van der Waals surface area contributed by atoms with Crippen molar-refractivity contribution in [2.45, 2.75) is 13.2 Å². The molecule has 12 heteroatoms. The minimum Gasteiger partial charge on any atom is -0.471 e. The molecule has 5 aromatic rings. The molecule has 1 amide bonds. The van der Waals surface area contributed by atoms with Gasteiger partial charge in [-0.25, -0.2) is 4.98 Å². The van der Waals surface area contributed by atoms with Gasteiger partial charge in [0, 0.05) is 35.6 Å². The molecule has 3 aromatic heterocycles.